The molecule has 0 aliphatic rings. The molecular formula is C13H11F3N2O. The fourth-order valence-corrected chi connectivity index (χ4v) is 1.65. The predicted octanol–water partition coefficient (Wildman–Crippen LogP) is 2.77. The van der Waals surface area contributed by atoms with Crippen molar-refractivity contribution < 1.29 is 18.3 Å². The zero-order chi connectivity index (χ0) is 13.9. The van der Waals surface area contributed by atoms with Crippen molar-refractivity contribution in [3.8, 4) is 0 Å². The zero-order valence-corrected chi connectivity index (χ0v) is 9.80. The summed E-state index contributed by atoms with van der Waals surface area (Å²) < 4.78 is 37.2. The lowest BCUT2D eigenvalue weighted by molar-refractivity contribution is -0.137. The summed E-state index contributed by atoms with van der Waals surface area (Å²) >= 11 is 0. The third-order valence-corrected chi connectivity index (χ3v) is 2.64. The maximum atomic E-state index is 12.4. The maximum absolute atomic E-state index is 12.4. The molecule has 0 unspecified atom stereocenters. The average Bonchev–Trinajstić information content (AvgIpc) is 2.39. The third-order valence-electron chi connectivity index (χ3n) is 2.64. The number of hydrogen-bond donors (Lipinski definition) is 1. The van der Waals surface area contributed by atoms with Crippen molar-refractivity contribution in [1.82, 2.24) is 9.97 Å². The molecule has 2 rings (SSSR count). The Labute approximate surface area is 107 Å². The van der Waals surface area contributed by atoms with Crippen LogP contribution in [0.15, 0.2) is 42.9 Å². The minimum absolute atomic E-state index is 0.208. The molecule has 0 amide bonds. The molecule has 0 fully saturated rings. The highest BCUT2D eigenvalue weighted by atomic mass is 19.4. The van der Waals surface area contributed by atoms with Crippen LogP contribution in [-0.4, -0.2) is 15.1 Å². The van der Waals surface area contributed by atoms with Gasteiger partial charge in [-0.3, -0.25) is 9.97 Å². The van der Waals surface area contributed by atoms with Gasteiger partial charge in [-0.05, 0) is 17.7 Å². The number of aromatic nitrogens is 2. The van der Waals surface area contributed by atoms with Crippen LogP contribution in [0.3, 0.4) is 0 Å². The molecule has 1 atom stereocenters. The van der Waals surface area contributed by atoms with Gasteiger partial charge in [-0.1, -0.05) is 12.1 Å². The monoisotopic (exact) mass is 268 g/mol. The molecule has 1 N–H and O–H groups in total. The molecule has 100 valence electrons. The molecule has 3 nitrogen and oxygen atoms in total. The quantitative estimate of drug-likeness (QED) is 0.931. The van der Waals surface area contributed by atoms with Crippen LogP contribution >= 0.6 is 0 Å². The van der Waals surface area contributed by atoms with Crippen molar-refractivity contribution in [2.24, 2.45) is 0 Å². The van der Waals surface area contributed by atoms with E-state index in [4.69, 9.17) is 0 Å². The minimum Gasteiger partial charge on any atom is -0.388 e. The van der Waals surface area contributed by atoms with Crippen LogP contribution in [0.5, 0.6) is 0 Å². The van der Waals surface area contributed by atoms with Crippen LogP contribution in [0, 0.1) is 0 Å². The Morgan fingerprint density at radius 3 is 2.32 bits per heavy atom. The highest BCUT2D eigenvalue weighted by Gasteiger charge is 2.30. The normalized spacial score (nSPS) is 13.3. The van der Waals surface area contributed by atoms with Gasteiger partial charge in [-0.15, -0.1) is 0 Å². The van der Waals surface area contributed by atoms with E-state index in [-0.39, 0.29) is 6.42 Å². The smallest absolute Gasteiger partial charge is 0.388 e. The van der Waals surface area contributed by atoms with Crippen molar-refractivity contribution in [3.63, 3.8) is 0 Å². The summed E-state index contributed by atoms with van der Waals surface area (Å²) in [7, 11) is 0. The van der Waals surface area contributed by atoms with E-state index in [1.54, 1.807) is 0 Å². The summed E-state index contributed by atoms with van der Waals surface area (Å²) in [5, 5.41) is 9.92. The number of aliphatic hydroxyl groups is 1. The van der Waals surface area contributed by atoms with Gasteiger partial charge < -0.3 is 5.11 Å². The standard InChI is InChI=1S/C13H11F3N2O/c14-13(15,16)10-3-1-9(2-4-10)12(19)7-11-8-17-5-6-18-11/h1-6,8,12,19H,7H2/t12-/m1/s1. The molecule has 19 heavy (non-hydrogen) atoms. The summed E-state index contributed by atoms with van der Waals surface area (Å²) in [6, 6.07) is 4.44. The molecule has 1 aromatic heterocycles. The van der Waals surface area contributed by atoms with Crippen LogP contribution in [0.4, 0.5) is 13.2 Å². The van der Waals surface area contributed by atoms with Gasteiger partial charge in [0.05, 0.1) is 17.4 Å². The molecular weight excluding hydrogens is 257 g/mol. The minimum atomic E-state index is -4.37. The molecule has 0 spiro atoms. The summed E-state index contributed by atoms with van der Waals surface area (Å²) in [5.74, 6) is 0. The second-order valence-corrected chi connectivity index (χ2v) is 4.04. The first kappa shape index (κ1) is 13.5. The Hall–Kier alpha value is -1.95. The van der Waals surface area contributed by atoms with E-state index in [1.807, 2.05) is 0 Å². The van der Waals surface area contributed by atoms with Crippen molar-refractivity contribution >= 4 is 0 Å². The number of hydrogen-bond acceptors (Lipinski definition) is 3. The number of halogens is 3. The van der Waals surface area contributed by atoms with Crippen LogP contribution in [-0.2, 0) is 12.6 Å². The summed E-state index contributed by atoms with van der Waals surface area (Å²) in [4.78, 5) is 7.85. The molecule has 1 heterocycles. The molecule has 0 aliphatic carbocycles. The molecule has 0 bridgehead atoms. The average molecular weight is 268 g/mol. The first-order valence-electron chi connectivity index (χ1n) is 5.57. The number of nitrogens with zero attached hydrogens (tertiary/aromatic N) is 2. The van der Waals surface area contributed by atoms with Gasteiger partial charge in [0.15, 0.2) is 0 Å². The SMILES string of the molecule is O[C@H](Cc1cnccn1)c1ccc(C(F)(F)F)cc1. The molecule has 1 aromatic carbocycles. The fraction of sp³-hybridized carbons (Fsp3) is 0.231. The molecule has 2 aromatic rings. The molecule has 0 aliphatic heterocycles. The van der Waals surface area contributed by atoms with Gasteiger partial charge in [0, 0.05) is 25.0 Å². The van der Waals surface area contributed by atoms with Crippen molar-refractivity contribution in [2.75, 3.05) is 0 Å². The van der Waals surface area contributed by atoms with Crippen molar-refractivity contribution in [2.45, 2.75) is 18.7 Å². The van der Waals surface area contributed by atoms with E-state index in [0.29, 0.717) is 11.3 Å². The first-order valence-corrected chi connectivity index (χ1v) is 5.57. The lowest BCUT2D eigenvalue weighted by atomic mass is 10.0. The predicted molar refractivity (Wildman–Crippen MR) is 62.1 cm³/mol. The Bertz CT molecular complexity index is 526. The van der Waals surface area contributed by atoms with E-state index in [0.717, 1.165) is 12.1 Å². The van der Waals surface area contributed by atoms with E-state index in [1.165, 1.54) is 30.7 Å². The summed E-state index contributed by atoms with van der Waals surface area (Å²) in [6.07, 6.45) is -0.553. The highest BCUT2D eigenvalue weighted by molar-refractivity contribution is 5.26. The largest absolute Gasteiger partial charge is 0.416 e. The number of rotatable bonds is 3. The fourth-order valence-electron chi connectivity index (χ4n) is 1.65. The number of benzene rings is 1. The van der Waals surface area contributed by atoms with Gasteiger partial charge in [0.1, 0.15) is 0 Å². The Balaban J connectivity index is 2.10. The van der Waals surface area contributed by atoms with Gasteiger partial charge in [0.25, 0.3) is 0 Å². The van der Waals surface area contributed by atoms with Crippen molar-refractivity contribution in [3.05, 3.63) is 59.7 Å². The molecule has 0 radical (unpaired) electrons. The van der Waals surface area contributed by atoms with Crippen LogP contribution in [0.1, 0.15) is 22.9 Å². The van der Waals surface area contributed by atoms with Gasteiger partial charge in [0.2, 0.25) is 0 Å². The second kappa shape index (κ2) is 5.36. The van der Waals surface area contributed by atoms with Crippen molar-refractivity contribution in [1.29, 1.82) is 0 Å². The van der Waals surface area contributed by atoms with Crippen LogP contribution < -0.4 is 0 Å². The van der Waals surface area contributed by atoms with E-state index in [2.05, 4.69) is 9.97 Å². The lowest BCUT2D eigenvalue weighted by Crippen LogP contribution is -2.07. The first-order chi connectivity index (χ1) is 8.97. The van der Waals surface area contributed by atoms with E-state index in [9.17, 15) is 18.3 Å². The molecule has 6 heteroatoms. The summed E-state index contributed by atoms with van der Waals surface area (Å²) in [6.45, 7) is 0. The second-order valence-electron chi connectivity index (χ2n) is 4.04. The van der Waals surface area contributed by atoms with E-state index >= 15 is 0 Å². The lowest BCUT2D eigenvalue weighted by Gasteiger charge is -2.12. The van der Waals surface area contributed by atoms with Gasteiger partial charge >= 0.3 is 6.18 Å². The molecule has 0 saturated heterocycles. The van der Waals surface area contributed by atoms with Gasteiger partial charge in [-0.2, -0.15) is 13.2 Å². The van der Waals surface area contributed by atoms with E-state index < -0.39 is 17.8 Å². The van der Waals surface area contributed by atoms with Crippen LogP contribution in [0.25, 0.3) is 0 Å². The zero-order valence-electron chi connectivity index (χ0n) is 9.80. The topological polar surface area (TPSA) is 46.0 Å². The summed E-state index contributed by atoms with van der Waals surface area (Å²) in [5.41, 5.74) is 0.261. The third kappa shape index (κ3) is 3.51. The Morgan fingerprint density at radius 1 is 1.11 bits per heavy atom. The van der Waals surface area contributed by atoms with Gasteiger partial charge in [-0.25, -0.2) is 0 Å². The maximum Gasteiger partial charge on any atom is 0.416 e. The number of alkyl halides is 3. The highest BCUT2D eigenvalue weighted by Crippen LogP contribution is 2.30. The molecule has 0 saturated carbocycles. The number of aliphatic hydroxyl groups excluding tert-OH is 1. The Kier molecular flexibility index (Phi) is 3.80. The van der Waals surface area contributed by atoms with Crippen LogP contribution in [0.2, 0.25) is 0 Å². The Morgan fingerprint density at radius 2 is 1.79 bits per heavy atom.